The van der Waals surface area contributed by atoms with Crippen molar-refractivity contribution < 1.29 is 14.3 Å². The highest BCUT2D eigenvalue weighted by atomic mass is 16.5. The molecule has 0 unspecified atom stereocenters. The average molecular weight is 425 g/mol. The van der Waals surface area contributed by atoms with Gasteiger partial charge in [0.2, 0.25) is 0 Å². The summed E-state index contributed by atoms with van der Waals surface area (Å²) in [5, 5.41) is 9.72. The molecule has 0 radical (unpaired) electrons. The molecule has 1 fully saturated rings. The van der Waals surface area contributed by atoms with Crippen LogP contribution >= 0.6 is 0 Å². The Kier molecular flexibility index (Phi) is 5.77. The topological polar surface area (TPSA) is 112 Å². The van der Waals surface area contributed by atoms with Gasteiger partial charge in [0.15, 0.2) is 0 Å². The van der Waals surface area contributed by atoms with Gasteiger partial charge in [0.25, 0.3) is 5.91 Å². The number of carbonyl (C=O) groups excluding carboxylic acids is 1. The Morgan fingerprint density at radius 2 is 2.03 bits per heavy atom. The van der Waals surface area contributed by atoms with Crippen molar-refractivity contribution in [2.24, 2.45) is 5.11 Å². The molecule has 9 heteroatoms. The van der Waals surface area contributed by atoms with E-state index >= 15 is 0 Å². The van der Waals surface area contributed by atoms with Crippen molar-refractivity contribution in [3.8, 4) is 5.75 Å². The number of hydrogen-bond donors (Lipinski definition) is 3. The molecule has 2 aliphatic heterocycles. The van der Waals surface area contributed by atoms with Crippen LogP contribution in [0.4, 0.5) is 22.7 Å². The SMILES string of the molecule is CCNc1cncc(C(=O)Nc2cc3c(cc2N2CCOCC2)OC(C)(C)C3)c1N=N. The Morgan fingerprint density at radius 3 is 2.74 bits per heavy atom. The summed E-state index contributed by atoms with van der Waals surface area (Å²) in [6.45, 7) is 9.41. The Balaban J connectivity index is 1.70. The molecule has 1 amide bonds. The molecule has 3 N–H and O–H groups in total. The van der Waals surface area contributed by atoms with Crippen LogP contribution in [0, 0.1) is 5.53 Å². The minimum atomic E-state index is -0.356. The Hall–Kier alpha value is -3.20. The van der Waals surface area contributed by atoms with E-state index in [0.29, 0.717) is 31.1 Å². The third-order valence-corrected chi connectivity index (χ3v) is 5.42. The number of morpholine rings is 1. The summed E-state index contributed by atoms with van der Waals surface area (Å²) in [7, 11) is 0. The second kappa shape index (κ2) is 8.50. The highest BCUT2D eigenvalue weighted by Crippen LogP contribution is 2.42. The lowest BCUT2D eigenvalue weighted by Gasteiger charge is -2.31. The predicted octanol–water partition coefficient (Wildman–Crippen LogP) is 3.98. The Bertz CT molecular complexity index is 1000. The fraction of sp³-hybridized carbons (Fsp3) is 0.455. The van der Waals surface area contributed by atoms with E-state index in [2.05, 4.69) is 39.5 Å². The fourth-order valence-corrected chi connectivity index (χ4v) is 4.06. The average Bonchev–Trinajstić information content (AvgIpc) is 3.06. The Morgan fingerprint density at radius 1 is 1.26 bits per heavy atom. The second-order valence-corrected chi connectivity index (χ2v) is 8.29. The minimum Gasteiger partial charge on any atom is -0.487 e. The normalized spacial score (nSPS) is 16.9. The van der Waals surface area contributed by atoms with Crippen molar-refractivity contribution in [2.45, 2.75) is 32.8 Å². The zero-order valence-corrected chi connectivity index (χ0v) is 18.1. The molecule has 3 heterocycles. The van der Waals surface area contributed by atoms with Crippen molar-refractivity contribution in [2.75, 3.05) is 48.4 Å². The molecular formula is C22H28N6O3. The number of anilines is 3. The number of amides is 1. The maximum absolute atomic E-state index is 13.2. The van der Waals surface area contributed by atoms with Crippen molar-refractivity contribution in [3.63, 3.8) is 0 Å². The lowest BCUT2D eigenvalue weighted by atomic mass is 10.0. The van der Waals surface area contributed by atoms with E-state index in [1.807, 2.05) is 19.1 Å². The molecule has 0 aliphatic carbocycles. The van der Waals surface area contributed by atoms with Gasteiger partial charge >= 0.3 is 0 Å². The van der Waals surface area contributed by atoms with E-state index in [1.54, 1.807) is 6.20 Å². The van der Waals surface area contributed by atoms with Crippen molar-refractivity contribution in [1.29, 1.82) is 5.53 Å². The van der Waals surface area contributed by atoms with Gasteiger partial charge in [0.1, 0.15) is 17.0 Å². The van der Waals surface area contributed by atoms with Gasteiger partial charge in [0, 0.05) is 43.9 Å². The van der Waals surface area contributed by atoms with Gasteiger partial charge in [-0.25, -0.2) is 5.53 Å². The van der Waals surface area contributed by atoms with Crippen LogP contribution < -0.4 is 20.3 Å². The van der Waals surface area contributed by atoms with Crippen molar-refractivity contribution in [3.05, 3.63) is 35.7 Å². The third-order valence-electron chi connectivity index (χ3n) is 5.42. The molecule has 1 aromatic carbocycles. The molecule has 1 saturated heterocycles. The quantitative estimate of drug-likeness (QED) is 0.605. The molecule has 9 nitrogen and oxygen atoms in total. The van der Waals surface area contributed by atoms with E-state index in [-0.39, 0.29) is 22.8 Å². The maximum Gasteiger partial charge on any atom is 0.259 e. The number of nitrogens with zero attached hydrogens (tertiary/aromatic N) is 3. The van der Waals surface area contributed by atoms with E-state index in [4.69, 9.17) is 15.0 Å². The summed E-state index contributed by atoms with van der Waals surface area (Å²) >= 11 is 0. The number of nitrogens with one attached hydrogen (secondary N) is 3. The van der Waals surface area contributed by atoms with Gasteiger partial charge in [-0.2, -0.15) is 5.11 Å². The molecule has 0 atom stereocenters. The molecule has 0 bridgehead atoms. The zero-order valence-electron chi connectivity index (χ0n) is 18.1. The molecule has 2 aromatic rings. The Labute approximate surface area is 181 Å². The minimum absolute atomic E-state index is 0.249. The van der Waals surface area contributed by atoms with Gasteiger partial charge < -0.3 is 25.0 Å². The largest absolute Gasteiger partial charge is 0.487 e. The number of hydrogen-bond acceptors (Lipinski definition) is 8. The lowest BCUT2D eigenvalue weighted by Crippen LogP contribution is -2.36. The number of benzene rings is 1. The molecule has 164 valence electrons. The van der Waals surface area contributed by atoms with Crippen molar-refractivity contribution in [1.82, 2.24) is 4.98 Å². The molecule has 2 aliphatic rings. The number of aromatic nitrogens is 1. The number of carbonyl (C=O) groups is 1. The van der Waals surface area contributed by atoms with Gasteiger partial charge in [-0.15, -0.1) is 0 Å². The van der Waals surface area contributed by atoms with Gasteiger partial charge in [-0.1, -0.05) is 0 Å². The van der Waals surface area contributed by atoms with Crippen LogP contribution in [0.3, 0.4) is 0 Å². The molecule has 1 aromatic heterocycles. The standard InChI is InChI=1S/C22H28N6O3/c1-4-25-17-13-24-12-15(20(17)27-23)21(29)26-16-9-14-11-22(2,3)31-19(14)10-18(16)28-5-7-30-8-6-28/h9-10,12-13,23,25H,4-8,11H2,1-3H3,(H,26,29). The summed E-state index contributed by atoms with van der Waals surface area (Å²) in [6, 6.07) is 4.00. The van der Waals surface area contributed by atoms with Crippen LogP contribution in [-0.2, 0) is 11.2 Å². The number of ether oxygens (including phenoxy) is 2. The molecule has 31 heavy (non-hydrogen) atoms. The highest BCUT2D eigenvalue weighted by Gasteiger charge is 2.32. The van der Waals surface area contributed by atoms with Crippen LogP contribution in [0.1, 0.15) is 36.7 Å². The summed E-state index contributed by atoms with van der Waals surface area (Å²) in [5.74, 6) is 0.494. The molecule has 0 saturated carbocycles. The van der Waals surface area contributed by atoms with E-state index in [1.165, 1.54) is 6.20 Å². The number of pyridine rings is 1. The smallest absolute Gasteiger partial charge is 0.259 e. The van der Waals surface area contributed by atoms with Crippen LogP contribution in [-0.4, -0.2) is 49.3 Å². The molecular weight excluding hydrogens is 396 g/mol. The number of rotatable bonds is 6. The van der Waals surface area contributed by atoms with Crippen LogP contribution in [0.2, 0.25) is 0 Å². The zero-order chi connectivity index (χ0) is 22.0. The maximum atomic E-state index is 13.2. The monoisotopic (exact) mass is 424 g/mol. The number of fused-ring (bicyclic) bond motifs is 1. The van der Waals surface area contributed by atoms with Crippen molar-refractivity contribution >= 4 is 28.7 Å². The van der Waals surface area contributed by atoms with Crippen LogP contribution in [0.25, 0.3) is 0 Å². The molecule has 4 rings (SSSR count). The first kappa shape index (κ1) is 21.0. The highest BCUT2D eigenvalue weighted by molar-refractivity contribution is 6.10. The third kappa shape index (κ3) is 4.32. The summed E-state index contributed by atoms with van der Waals surface area (Å²) in [6.07, 6.45) is 3.78. The van der Waals surface area contributed by atoms with Gasteiger partial charge in [-0.3, -0.25) is 9.78 Å². The first-order valence-corrected chi connectivity index (χ1v) is 10.5. The van der Waals surface area contributed by atoms with E-state index in [0.717, 1.165) is 36.5 Å². The van der Waals surface area contributed by atoms with Gasteiger partial charge in [0.05, 0.1) is 42.0 Å². The first-order chi connectivity index (χ1) is 14.9. The van der Waals surface area contributed by atoms with E-state index < -0.39 is 0 Å². The summed E-state index contributed by atoms with van der Waals surface area (Å²) in [5.41, 5.74) is 11.0. The fourth-order valence-electron chi connectivity index (χ4n) is 4.06. The van der Waals surface area contributed by atoms with Crippen LogP contribution in [0.15, 0.2) is 29.6 Å². The summed E-state index contributed by atoms with van der Waals surface area (Å²) < 4.78 is 11.6. The second-order valence-electron chi connectivity index (χ2n) is 8.29. The predicted molar refractivity (Wildman–Crippen MR) is 119 cm³/mol. The van der Waals surface area contributed by atoms with Crippen LogP contribution in [0.5, 0.6) is 5.75 Å². The van der Waals surface area contributed by atoms with Gasteiger partial charge in [-0.05, 0) is 26.8 Å². The molecule has 0 spiro atoms. The summed E-state index contributed by atoms with van der Waals surface area (Å²) in [4.78, 5) is 19.6. The lowest BCUT2D eigenvalue weighted by molar-refractivity contribution is 0.102. The van der Waals surface area contributed by atoms with E-state index in [9.17, 15) is 4.79 Å². The first-order valence-electron chi connectivity index (χ1n) is 10.5.